The zero-order valence-electron chi connectivity index (χ0n) is 6.12. The molecule has 3 nitrogen and oxygen atoms in total. The molecular weight excluding hydrogens is 180 g/mol. The maximum Gasteiger partial charge on any atom is 0.150 e. The van der Waals surface area contributed by atoms with Crippen LogP contribution in [0.15, 0.2) is 12.1 Å². The van der Waals surface area contributed by atoms with Crippen LogP contribution in [0, 0.1) is 0 Å². The van der Waals surface area contributed by atoms with E-state index in [1.807, 2.05) is 0 Å². The third kappa shape index (κ3) is 1.57. The summed E-state index contributed by atoms with van der Waals surface area (Å²) in [5.41, 5.74) is 0.589. The van der Waals surface area contributed by atoms with E-state index >= 15 is 0 Å². The molecule has 0 heterocycles. The van der Waals surface area contributed by atoms with E-state index in [-0.39, 0.29) is 22.9 Å². The molecule has 64 valence electrons. The van der Waals surface area contributed by atoms with Crippen molar-refractivity contribution in [2.75, 3.05) is 0 Å². The van der Waals surface area contributed by atoms with Gasteiger partial charge in [0.1, 0.15) is 12.0 Å². The van der Waals surface area contributed by atoms with Crippen molar-refractivity contribution in [2.45, 2.75) is 6.61 Å². The Morgan fingerprint density at radius 2 is 2.17 bits per heavy atom. The number of halogens is 1. The molecule has 0 saturated carbocycles. The Bertz CT molecular complexity index is 309. The van der Waals surface area contributed by atoms with Crippen LogP contribution < -0.4 is 0 Å². The molecule has 1 aromatic carbocycles. The van der Waals surface area contributed by atoms with Gasteiger partial charge in [-0.2, -0.15) is 0 Å². The van der Waals surface area contributed by atoms with Crippen molar-refractivity contribution in [1.82, 2.24) is 0 Å². The molecule has 0 bridgehead atoms. The van der Waals surface area contributed by atoms with Crippen molar-refractivity contribution in [3.8, 4) is 5.75 Å². The summed E-state index contributed by atoms with van der Waals surface area (Å²) in [7, 11) is 0. The van der Waals surface area contributed by atoms with Gasteiger partial charge in [0.25, 0.3) is 0 Å². The van der Waals surface area contributed by atoms with Crippen molar-refractivity contribution in [1.29, 1.82) is 0 Å². The summed E-state index contributed by atoms with van der Waals surface area (Å²) in [6, 6.07) is 2.72. The number of benzene rings is 1. The van der Waals surface area contributed by atoms with Gasteiger partial charge >= 0.3 is 0 Å². The lowest BCUT2D eigenvalue weighted by Crippen LogP contribution is -1.88. The van der Waals surface area contributed by atoms with Crippen molar-refractivity contribution in [3.63, 3.8) is 0 Å². The Balaban J connectivity index is 3.28. The lowest BCUT2D eigenvalue weighted by Gasteiger charge is -2.03. The number of aliphatic hydroxyl groups excluding tert-OH is 1. The SMILES string of the molecule is O=Cc1cc(Cl)c(O)c(CO)c1. The zero-order chi connectivity index (χ0) is 9.14. The minimum atomic E-state index is -0.340. The first-order valence-corrected chi connectivity index (χ1v) is 3.64. The molecule has 0 aliphatic rings. The van der Waals surface area contributed by atoms with Crippen molar-refractivity contribution < 1.29 is 15.0 Å². The summed E-state index contributed by atoms with van der Waals surface area (Å²) < 4.78 is 0. The van der Waals surface area contributed by atoms with E-state index in [4.69, 9.17) is 16.7 Å². The second kappa shape index (κ2) is 3.56. The second-order valence-electron chi connectivity index (χ2n) is 2.29. The minimum absolute atomic E-state index is 0.0728. The largest absolute Gasteiger partial charge is 0.506 e. The number of carbonyl (C=O) groups is 1. The van der Waals surface area contributed by atoms with Gasteiger partial charge in [-0.3, -0.25) is 4.79 Å². The van der Waals surface area contributed by atoms with E-state index in [0.29, 0.717) is 11.8 Å². The number of aldehydes is 1. The Morgan fingerprint density at radius 1 is 1.50 bits per heavy atom. The minimum Gasteiger partial charge on any atom is -0.506 e. The molecule has 1 aromatic rings. The molecule has 0 aliphatic heterocycles. The number of phenols is 1. The quantitative estimate of drug-likeness (QED) is 0.686. The highest BCUT2D eigenvalue weighted by Gasteiger charge is 2.06. The number of rotatable bonds is 2. The second-order valence-corrected chi connectivity index (χ2v) is 2.69. The number of hydrogen-bond donors (Lipinski definition) is 2. The topological polar surface area (TPSA) is 57.5 Å². The molecule has 0 aromatic heterocycles. The monoisotopic (exact) mass is 186 g/mol. The third-order valence-corrected chi connectivity index (χ3v) is 1.76. The van der Waals surface area contributed by atoms with Gasteiger partial charge < -0.3 is 10.2 Å². The number of carbonyl (C=O) groups excluding carboxylic acids is 1. The van der Waals surface area contributed by atoms with Crippen molar-refractivity contribution >= 4 is 17.9 Å². The van der Waals surface area contributed by atoms with Gasteiger partial charge in [-0.25, -0.2) is 0 Å². The summed E-state index contributed by atoms with van der Waals surface area (Å²) >= 11 is 5.56. The Kier molecular flexibility index (Phi) is 2.68. The fourth-order valence-corrected chi connectivity index (χ4v) is 1.12. The van der Waals surface area contributed by atoms with Crippen molar-refractivity contribution in [2.24, 2.45) is 0 Å². The molecule has 0 fully saturated rings. The van der Waals surface area contributed by atoms with E-state index in [9.17, 15) is 9.90 Å². The Hall–Kier alpha value is -1.06. The van der Waals surface area contributed by atoms with E-state index < -0.39 is 0 Å². The molecule has 0 unspecified atom stereocenters. The van der Waals surface area contributed by atoms with Gasteiger partial charge in [-0.1, -0.05) is 11.6 Å². The lowest BCUT2D eigenvalue weighted by molar-refractivity contribution is 0.112. The molecular formula is C8H7ClO3. The normalized spacial score (nSPS) is 9.83. The average Bonchev–Trinajstić information content (AvgIpc) is 2.09. The fraction of sp³-hybridized carbons (Fsp3) is 0.125. The maximum atomic E-state index is 10.3. The summed E-state index contributed by atoms with van der Waals surface area (Å²) in [6.45, 7) is -0.340. The molecule has 0 atom stereocenters. The number of hydrogen-bond acceptors (Lipinski definition) is 3. The predicted octanol–water partition coefficient (Wildman–Crippen LogP) is 1.35. The highest BCUT2D eigenvalue weighted by atomic mass is 35.5. The standard InChI is InChI=1S/C8H7ClO3/c9-7-2-5(3-10)1-6(4-11)8(7)12/h1-3,11-12H,4H2. The van der Waals surface area contributed by atoms with Crippen LogP contribution in [-0.4, -0.2) is 16.5 Å². The van der Waals surface area contributed by atoms with E-state index in [1.165, 1.54) is 12.1 Å². The summed E-state index contributed by atoms with van der Waals surface area (Å²) in [4.78, 5) is 10.3. The Morgan fingerprint density at radius 3 is 2.67 bits per heavy atom. The van der Waals surface area contributed by atoms with Crippen LogP contribution >= 0.6 is 11.6 Å². The third-order valence-electron chi connectivity index (χ3n) is 1.47. The molecule has 0 amide bonds. The number of aromatic hydroxyl groups is 1. The van der Waals surface area contributed by atoms with Crippen LogP contribution in [0.2, 0.25) is 5.02 Å². The molecule has 2 N–H and O–H groups in total. The van der Waals surface area contributed by atoms with Gasteiger partial charge in [-0.05, 0) is 12.1 Å². The first-order chi connectivity index (χ1) is 5.69. The first kappa shape index (κ1) is 9.03. The van der Waals surface area contributed by atoms with Crippen LogP contribution in [-0.2, 0) is 6.61 Å². The smallest absolute Gasteiger partial charge is 0.150 e. The van der Waals surface area contributed by atoms with Gasteiger partial charge in [0.05, 0.1) is 11.6 Å². The van der Waals surface area contributed by atoms with Crippen molar-refractivity contribution in [3.05, 3.63) is 28.3 Å². The van der Waals surface area contributed by atoms with E-state index in [0.717, 1.165) is 0 Å². The highest BCUT2D eigenvalue weighted by molar-refractivity contribution is 6.32. The van der Waals surface area contributed by atoms with Crippen LogP contribution in [0.3, 0.4) is 0 Å². The Labute approximate surface area is 74.2 Å². The van der Waals surface area contributed by atoms with Crippen LogP contribution in [0.5, 0.6) is 5.75 Å². The molecule has 4 heteroatoms. The molecule has 0 aliphatic carbocycles. The molecule has 12 heavy (non-hydrogen) atoms. The average molecular weight is 187 g/mol. The summed E-state index contributed by atoms with van der Waals surface area (Å²) in [5.74, 6) is -0.176. The maximum absolute atomic E-state index is 10.3. The number of aliphatic hydroxyl groups is 1. The molecule has 0 spiro atoms. The van der Waals surface area contributed by atoms with Gasteiger partial charge in [0.15, 0.2) is 0 Å². The molecule has 1 rings (SSSR count). The van der Waals surface area contributed by atoms with Gasteiger partial charge in [0, 0.05) is 11.1 Å². The lowest BCUT2D eigenvalue weighted by atomic mass is 10.1. The fourth-order valence-electron chi connectivity index (χ4n) is 0.868. The van der Waals surface area contributed by atoms with Gasteiger partial charge in [-0.15, -0.1) is 0 Å². The van der Waals surface area contributed by atoms with Crippen LogP contribution in [0.4, 0.5) is 0 Å². The zero-order valence-corrected chi connectivity index (χ0v) is 6.88. The van der Waals surface area contributed by atoms with E-state index in [1.54, 1.807) is 0 Å². The van der Waals surface area contributed by atoms with Gasteiger partial charge in [0.2, 0.25) is 0 Å². The summed E-state index contributed by atoms with van der Waals surface area (Å²) in [5, 5.41) is 18.0. The molecule has 0 saturated heterocycles. The van der Waals surface area contributed by atoms with E-state index in [2.05, 4.69) is 0 Å². The predicted molar refractivity (Wildman–Crippen MR) is 44.4 cm³/mol. The van der Waals surface area contributed by atoms with Crippen LogP contribution in [0.25, 0.3) is 0 Å². The van der Waals surface area contributed by atoms with Crippen LogP contribution in [0.1, 0.15) is 15.9 Å². The highest BCUT2D eigenvalue weighted by Crippen LogP contribution is 2.28. The first-order valence-electron chi connectivity index (χ1n) is 3.26. The molecule has 0 radical (unpaired) electrons. The summed E-state index contributed by atoms with van der Waals surface area (Å²) in [6.07, 6.45) is 0.602.